The lowest BCUT2D eigenvalue weighted by atomic mass is 9.87. The van der Waals surface area contributed by atoms with Crippen LogP contribution in [0.15, 0.2) is 66.7 Å². The molecule has 0 spiro atoms. The van der Waals surface area contributed by atoms with Crippen LogP contribution in [-0.4, -0.2) is 78.7 Å². The van der Waals surface area contributed by atoms with Gasteiger partial charge in [-0.25, -0.2) is 13.6 Å². The molecule has 2 N–H and O–H groups in total. The molecule has 4 rings (SSSR count). The molecule has 7 nitrogen and oxygen atoms in total. The zero-order chi connectivity index (χ0) is 31.6. The van der Waals surface area contributed by atoms with Crippen molar-refractivity contribution in [2.45, 2.75) is 38.6 Å². The van der Waals surface area contributed by atoms with Crippen molar-refractivity contribution in [3.8, 4) is 5.75 Å². The van der Waals surface area contributed by atoms with E-state index < -0.39 is 17.9 Å². The fourth-order valence-electron chi connectivity index (χ4n) is 5.49. The summed E-state index contributed by atoms with van der Waals surface area (Å²) in [4.78, 5) is 29.2. The quantitative estimate of drug-likeness (QED) is 0.226. The highest BCUT2D eigenvalue weighted by Gasteiger charge is 2.26. The number of carboxylic acid groups (broad SMARTS) is 1. The number of hydrogen-bond donors (Lipinski definition) is 2. The molecule has 1 aliphatic heterocycles. The van der Waals surface area contributed by atoms with Gasteiger partial charge in [0.15, 0.2) is 0 Å². The van der Waals surface area contributed by atoms with Crippen LogP contribution in [0.25, 0.3) is 0 Å². The Bertz CT molecular complexity index is 1330. The number of amides is 1. The third-order valence-electron chi connectivity index (χ3n) is 8.05. The first-order valence-electron chi connectivity index (χ1n) is 15.0. The van der Waals surface area contributed by atoms with Crippen LogP contribution in [0.4, 0.5) is 8.78 Å². The maximum atomic E-state index is 13.5. The van der Waals surface area contributed by atoms with Gasteiger partial charge in [-0.3, -0.25) is 9.69 Å². The summed E-state index contributed by atoms with van der Waals surface area (Å²) < 4.78 is 33.1. The normalized spacial score (nSPS) is 15.0. The minimum atomic E-state index is -1.10. The van der Waals surface area contributed by atoms with E-state index in [0.29, 0.717) is 23.9 Å². The molecule has 3 aromatic carbocycles. The highest BCUT2D eigenvalue weighted by atomic mass is 35.5. The number of carbonyl (C=O) groups excluding carboxylic acids is 1. The molecule has 0 saturated carbocycles. The van der Waals surface area contributed by atoms with E-state index in [9.17, 15) is 23.5 Å². The average molecular weight is 628 g/mol. The van der Waals surface area contributed by atoms with E-state index in [0.717, 1.165) is 56.7 Å². The molecule has 0 aromatic heterocycles. The Morgan fingerprint density at radius 2 is 1.43 bits per heavy atom. The lowest BCUT2D eigenvalue weighted by Gasteiger charge is -2.35. The summed E-state index contributed by atoms with van der Waals surface area (Å²) >= 11 is 6.13. The van der Waals surface area contributed by atoms with Crippen LogP contribution in [0.2, 0.25) is 5.02 Å². The lowest BCUT2D eigenvalue weighted by molar-refractivity contribution is -0.140. The number of benzene rings is 3. The average Bonchev–Trinajstić information content (AvgIpc) is 3.00. The summed E-state index contributed by atoms with van der Waals surface area (Å²) in [5.41, 5.74) is 2.24. The van der Waals surface area contributed by atoms with Gasteiger partial charge in [-0.2, -0.15) is 0 Å². The number of aliphatic carboxylic acids is 1. The molecule has 3 aromatic rings. The van der Waals surface area contributed by atoms with Crippen molar-refractivity contribution in [1.29, 1.82) is 0 Å². The van der Waals surface area contributed by atoms with Gasteiger partial charge in [-0.1, -0.05) is 49.7 Å². The minimum absolute atomic E-state index is 0.0647. The molecule has 1 atom stereocenters. The van der Waals surface area contributed by atoms with E-state index in [-0.39, 0.29) is 29.0 Å². The summed E-state index contributed by atoms with van der Waals surface area (Å²) in [7, 11) is 0. The molecular weight excluding hydrogens is 588 g/mol. The minimum Gasteiger partial charge on any atom is -0.491 e. The number of nitrogens with one attached hydrogen (secondary N) is 1. The van der Waals surface area contributed by atoms with Gasteiger partial charge in [0.05, 0.1) is 5.56 Å². The predicted octanol–water partition coefficient (Wildman–Crippen LogP) is 6.07. The molecule has 0 unspecified atom stereocenters. The molecule has 1 fully saturated rings. The number of carboxylic acids is 1. The van der Waals surface area contributed by atoms with E-state index in [2.05, 4.69) is 15.1 Å². The molecular formula is C34H40ClF2N3O4. The number of ether oxygens (including phenoxy) is 1. The Labute approximate surface area is 262 Å². The van der Waals surface area contributed by atoms with Gasteiger partial charge in [0, 0.05) is 43.7 Å². The van der Waals surface area contributed by atoms with Crippen molar-refractivity contribution in [3.63, 3.8) is 0 Å². The molecule has 1 aliphatic rings. The fourth-order valence-corrected chi connectivity index (χ4v) is 5.67. The molecule has 0 aliphatic carbocycles. The van der Waals surface area contributed by atoms with Crippen molar-refractivity contribution in [3.05, 3.63) is 100 Å². The number of halogens is 3. The first kappa shape index (κ1) is 33.4. The summed E-state index contributed by atoms with van der Waals surface area (Å²) in [6.45, 7) is 9.02. The largest absolute Gasteiger partial charge is 0.491 e. The summed E-state index contributed by atoms with van der Waals surface area (Å²) in [6, 6.07) is 16.8. The number of carbonyl (C=O) groups is 2. The number of hydrogen-bond acceptors (Lipinski definition) is 5. The summed E-state index contributed by atoms with van der Waals surface area (Å²) in [5, 5.41) is 12.4. The third kappa shape index (κ3) is 9.48. The first-order chi connectivity index (χ1) is 21.1. The maximum Gasteiger partial charge on any atom is 0.326 e. The first-order valence-corrected chi connectivity index (χ1v) is 15.4. The number of rotatable bonds is 14. The Morgan fingerprint density at radius 1 is 0.886 bits per heavy atom. The van der Waals surface area contributed by atoms with Gasteiger partial charge in [0.2, 0.25) is 0 Å². The molecule has 10 heteroatoms. The van der Waals surface area contributed by atoms with Crippen LogP contribution in [-0.2, 0) is 4.79 Å². The molecule has 44 heavy (non-hydrogen) atoms. The third-order valence-corrected chi connectivity index (χ3v) is 8.28. The Hall–Kier alpha value is -3.53. The Kier molecular flexibility index (Phi) is 12.1. The van der Waals surface area contributed by atoms with Crippen molar-refractivity contribution >= 4 is 23.5 Å². The van der Waals surface area contributed by atoms with Crippen LogP contribution >= 0.6 is 11.6 Å². The number of piperazine rings is 1. The van der Waals surface area contributed by atoms with Crippen molar-refractivity contribution in [1.82, 2.24) is 15.1 Å². The standard InChI is InChI=1S/C34H40ClF2N3O4/c1-23(2)32(34(42)43)38-33(41)30-22-26(35)9-14-31(30)44-21-20-40-18-16-39(17-19-40)15-3-4-29(24-5-10-27(36)11-6-24)25-7-12-28(37)13-8-25/h5-14,22-23,29,32H,3-4,15-21H2,1-2H3,(H,38,41)(H,42,43)/t32-/m0/s1. The van der Waals surface area contributed by atoms with Gasteiger partial charge in [-0.15, -0.1) is 0 Å². The van der Waals surface area contributed by atoms with Crippen molar-refractivity contribution in [2.24, 2.45) is 5.92 Å². The van der Waals surface area contributed by atoms with Crippen LogP contribution in [0.5, 0.6) is 5.75 Å². The van der Waals surface area contributed by atoms with E-state index >= 15 is 0 Å². The highest BCUT2D eigenvalue weighted by molar-refractivity contribution is 6.31. The Balaban J connectivity index is 1.24. The zero-order valence-corrected chi connectivity index (χ0v) is 25.9. The second-order valence-electron chi connectivity index (χ2n) is 11.5. The molecule has 1 amide bonds. The van der Waals surface area contributed by atoms with Gasteiger partial charge >= 0.3 is 5.97 Å². The summed E-state index contributed by atoms with van der Waals surface area (Å²) in [5.74, 6) is -2.06. The molecule has 1 saturated heterocycles. The lowest BCUT2D eigenvalue weighted by Crippen LogP contribution is -2.47. The molecule has 1 heterocycles. The zero-order valence-electron chi connectivity index (χ0n) is 25.1. The van der Waals surface area contributed by atoms with Gasteiger partial charge in [0.25, 0.3) is 5.91 Å². The smallest absolute Gasteiger partial charge is 0.326 e. The van der Waals surface area contributed by atoms with E-state index in [1.54, 1.807) is 26.0 Å². The van der Waals surface area contributed by atoms with Crippen LogP contribution in [0.1, 0.15) is 54.1 Å². The van der Waals surface area contributed by atoms with E-state index in [1.807, 2.05) is 24.3 Å². The van der Waals surface area contributed by atoms with Gasteiger partial charge < -0.3 is 20.1 Å². The second-order valence-corrected chi connectivity index (χ2v) is 11.9. The predicted molar refractivity (Wildman–Crippen MR) is 167 cm³/mol. The van der Waals surface area contributed by atoms with Gasteiger partial charge in [-0.05, 0) is 78.9 Å². The Morgan fingerprint density at radius 3 is 1.95 bits per heavy atom. The molecule has 236 valence electrons. The van der Waals surface area contributed by atoms with Crippen LogP contribution in [0.3, 0.4) is 0 Å². The van der Waals surface area contributed by atoms with E-state index in [1.165, 1.54) is 30.3 Å². The maximum absolute atomic E-state index is 13.5. The summed E-state index contributed by atoms with van der Waals surface area (Å²) in [6.07, 6.45) is 1.82. The molecule has 0 bridgehead atoms. The SMILES string of the molecule is CC(C)[C@H](NC(=O)c1cc(Cl)ccc1OCCN1CCN(CCCC(c2ccc(F)cc2)c2ccc(F)cc2)CC1)C(=O)O. The molecule has 0 radical (unpaired) electrons. The fraction of sp³-hybridized carbons (Fsp3) is 0.412. The van der Waals surface area contributed by atoms with E-state index in [4.69, 9.17) is 16.3 Å². The highest BCUT2D eigenvalue weighted by Crippen LogP contribution is 2.30. The topological polar surface area (TPSA) is 82.1 Å². The van der Waals surface area contributed by atoms with Crippen LogP contribution in [0, 0.1) is 17.6 Å². The number of nitrogens with zero attached hydrogens (tertiary/aromatic N) is 2. The van der Waals surface area contributed by atoms with Crippen molar-refractivity contribution in [2.75, 3.05) is 45.9 Å². The second kappa shape index (κ2) is 16.0. The van der Waals surface area contributed by atoms with Crippen molar-refractivity contribution < 1.29 is 28.2 Å². The monoisotopic (exact) mass is 627 g/mol. The van der Waals surface area contributed by atoms with Gasteiger partial charge in [0.1, 0.15) is 30.0 Å². The van der Waals surface area contributed by atoms with Crippen LogP contribution < -0.4 is 10.1 Å².